The molecular formula is C17H16Cl2N2O4S. The average Bonchev–Trinajstić information content (AvgIpc) is 2.89. The summed E-state index contributed by atoms with van der Waals surface area (Å²) in [5, 5.41) is 3.16. The SMILES string of the molecule is COC(=O)c1c(NC(=O)c2c(Cl)cccc2Cl)sc(C(=O)N(C)C)c1C. The van der Waals surface area contributed by atoms with E-state index in [4.69, 9.17) is 27.9 Å². The molecule has 2 aromatic rings. The van der Waals surface area contributed by atoms with Crippen molar-refractivity contribution in [2.45, 2.75) is 6.92 Å². The van der Waals surface area contributed by atoms with Gasteiger partial charge >= 0.3 is 5.97 Å². The Bertz CT molecular complexity index is 873. The Morgan fingerprint density at radius 3 is 2.19 bits per heavy atom. The number of esters is 1. The van der Waals surface area contributed by atoms with Crippen LogP contribution in [0.1, 0.15) is 36.0 Å². The average molecular weight is 415 g/mol. The number of halogens is 2. The summed E-state index contributed by atoms with van der Waals surface area (Å²) < 4.78 is 4.79. The summed E-state index contributed by atoms with van der Waals surface area (Å²) in [6, 6.07) is 4.68. The predicted octanol–water partition coefficient (Wildman–Crippen LogP) is 4.10. The van der Waals surface area contributed by atoms with Crippen LogP contribution in [0.15, 0.2) is 18.2 Å². The summed E-state index contributed by atoms with van der Waals surface area (Å²) in [7, 11) is 4.42. The van der Waals surface area contributed by atoms with E-state index in [9.17, 15) is 14.4 Å². The number of hydrogen-bond acceptors (Lipinski definition) is 5. The van der Waals surface area contributed by atoms with E-state index < -0.39 is 11.9 Å². The molecule has 0 saturated heterocycles. The van der Waals surface area contributed by atoms with Crippen LogP contribution in [0.2, 0.25) is 10.0 Å². The maximum absolute atomic E-state index is 12.6. The molecule has 0 aliphatic carbocycles. The molecule has 0 spiro atoms. The highest BCUT2D eigenvalue weighted by molar-refractivity contribution is 7.18. The molecule has 0 unspecified atom stereocenters. The van der Waals surface area contributed by atoms with Crippen molar-refractivity contribution in [3.8, 4) is 0 Å². The van der Waals surface area contributed by atoms with Gasteiger partial charge in [0, 0.05) is 14.1 Å². The molecule has 2 amide bonds. The first-order chi connectivity index (χ1) is 12.2. The van der Waals surface area contributed by atoms with Crippen molar-refractivity contribution >= 4 is 57.3 Å². The smallest absolute Gasteiger partial charge is 0.341 e. The number of nitrogens with zero attached hydrogens (tertiary/aromatic N) is 1. The van der Waals surface area contributed by atoms with E-state index in [1.807, 2.05) is 0 Å². The second kappa shape index (κ2) is 8.07. The minimum atomic E-state index is -0.655. The Balaban J connectivity index is 2.51. The van der Waals surface area contributed by atoms with Gasteiger partial charge in [-0.15, -0.1) is 11.3 Å². The Labute approximate surface area is 164 Å². The van der Waals surface area contributed by atoms with Crippen LogP contribution in [0.25, 0.3) is 0 Å². The van der Waals surface area contributed by atoms with Gasteiger partial charge in [-0.2, -0.15) is 0 Å². The van der Waals surface area contributed by atoms with Crippen LogP contribution >= 0.6 is 34.5 Å². The summed E-state index contributed by atoms with van der Waals surface area (Å²) in [5.74, 6) is -1.53. The van der Waals surface area contributed by atoms with Crippen LogP contribution in [0, 0.1) is 6.92 Å². The monoisotopic (exact) mass is 414 g/mol. The third-order valence-corrected chi connectivity index (χ3v) is 5.38. The van der Waals surface area contributed by atoms with Gasteiger partial charge in [0.1, 0.15) is 5.00 Å². The number of carbonyl (C=O) groups is 3. The number of carbonyl (C=O) groups excluding carboxylic acids is 3. The zero-order valence-electron chi connectivity index (χ0n) is 14.5. The molecule has 1 aromatic heterocycles. The second-order valence-corrected chi connectivity index (χ2v) is 7.34. The van der Waals surface area contributed by atoms with Crippen molar-refractivity contribution < 1.29 is 19.1 Å². The molecule has 0 fully saturated rings. The van der Waals surface area contributed by atoms with Crippen molar-refractivity contribution in [1.82, 2.24) is 4.90 Å². The number of ether oxygens (including phenoxy) is 1. The van der Waals surface area contributed by atoms with E-state index >= 15 is 0 Å². The van der Waals surface area contributed by atoms with Crippen molar-refractivity contribution in [2.75, 3.05) is 26.5 Å². The van der Waals surface area contributed by atoms with Crippen LogP contribution in [-0.4, -0.2) is 43.9 Å². The van der Waals surface area contributed by atoms with Crippen LogP contribution in [-0.2, 0) is 4.74 Å². The van der Waals surface area contributed by atoms with Crippen molar-refractivity contribution in [3.05, 3.63) is 49.8 Å². The fourth-order valence-corrected chi connectivity index (χ4v) is 4.02. The number of rotatable bonds is 4. The maximum atomic E-state index is 12.6. The zero-order valence-corrected chi connectivity index (χ0v) is 16.8. The van der Waals surface area contributed by atoms with Crippen molar-refractivity contribution in [3.63, 3.8) is 0 Å². The minimum absolute atomic E-state index is 0.0817. The summed E-state index contributed by atoms with van der Waals surface area (Å²) in [6.07, 6.45) is 0. The minimum Gasteiger partial charge on any atom is -0.465 e. The fourth-order valence-electron chi connectivity index (χ4n) is 2.24. The lowest BCUT2D eigenvalue weighted by Gasteiger charge is -2.08. The molecule has 0 aliphatic rings. The molecule has 0 atom stereocenters. The van der Waals surface area contributed by atoms with E-state index in [0.717, 1.165) is 11.3 Å². The Hall–Kier alpha value is -2.09. The highest BCUT2D eigenvalue weighted by atomic mass is 35.5. The maximum Gasteiger partial charge on any atom is 0.341 e. The molecule has 1 heterocycles. The van der Waals surface area contributed by atoms with Gasteiger partial charge in [0.15, 0.2) is 0 Å². The predicted molar refractivity (Wildman–Crippen MR) is 103 cm³/mol. The number of amides is 2. The van der Waals surface area contributed by atoms with Gasteiger partial charge in [0.25, 0.3) is 11.8 Å². The first-order valence-corrected chi connectivity index (χ1v) is 8.95. The number of hydrogen-bond donors (Lipinski definition) is 1. The van der Waals surface area contributed by atoms with Gasteiger partial charge in [-0.05, 0) is 24.6 Å². The van der Waals surface area contributed by atoms with Crippen LogP contribution in [0.3, 0.4) is 0 Å². The van der Waals surface area contributed by atoms with Crippen LogP contribution < -0.4 is 5.32 Å². The van der Waals surface area contributed by atoms with E-state index in [0.29, 0.717) is 10.4 Å². The van der Waals surface area contributed by atoms with E-state index in [2.05, 4.69) is 5.32 Å². The molecule has 26 heavy (non-hydrogen) atoms. The molecule has 138 valence electrons. The van der Waals surface area contributed by atoms with Gasteiger partial charge in [-0.3, -0.25) is 9.59 Å². The number of anilines is 1. The standard InChI is InChI=1S/C17H16Cl2N2O4S/c1-8-11(17(24)25-4)15(26-13(8)16(23)21(2)3)20-14(22)12-9(18)6-5-7-10(12)19/h5-7H,1-4H3,(H,20,22). The summed E-state index contributed by atoms with van der Waals surface area (Å²) >= 11 is 13.1. The fraction of sp³-hybridized carbons (Fsp3) is 0.235. The number of nitrogens with one attached hydrogen (secondary N) is 1. The van der Waals surface area contributed by atoms with Gasteiger partial charge < -0.3 is 15.0 Å². The van der Waals surface area contributed by atoms with Gasteiger partial charge in [-0.25, -0.2) is 4.79 Å². The number of thiophene rings is 1. The van der Waals surface area contributed by atoms with Gasteiger partial charge in [-0.1, -0.05) is 29.3 Å². The molecule has 0 bridgehead atoms. The van der Waals surface area contributed by atoms with Gasteiger partial charge in [0.2, 0.25) is 0 Å². The molecular weight excluding hydrogens is 399 g/mol. The summed E-state index contributed by atoms with van der Waals surface area (Å²) in [5.41, 5.74) is 0.638. The lowest BCUT2D eigenvalue weighted by atomic mass is 10.1. The quantitative estimate of drug-likeness (QED) is 0.763. The molecule has 9 heteroatoms. The Kier molecular flexibility index (Phi) is 6.28. The topological polar surface area (TPSA) is 75.7 Å². The zero-order chi connectivity index (χ0) is 19.6. The molecule has 0 radical (unpaired) electrons. The Morgan fingerprint density at radius 1 is 1.12 bits per heavy atom. The molecule has 2 rings (SSSR count). The van der Waals surface area contributed by atoms with Crippen LogP contribution in [0.5, 0.6) is 0 Å². The van der Waals surface area contributed by atoms with E-state index in [1.54, 1.807) is 27.1 Å². The molecule has 1 aromatic carbocycles. The van der Waals surface area contributed by atoms with Crippen LogP contribution in [0.4, 0.5) is 5.00 Å². The highest BCUT2D eigenvalue weighted by Gasteiger charge is 2.28. The molecule has 0 aliphatic heterocycles. The molecule has 6 nitrogen and oxygen atoms in total. The first kappa shape index (κ1) is 20.2. The largest absolute Gasteiger partial charge is 0.465 e. The number of methoxy groups -OCH3 is 1. The Morgan fingerprint density at radius 2 is 1.69 bits per heavy atom. The molecule has 1 N–H and O–H groups in total. The first-order valence-electron chi connectivity index (χ1n) is 7.37. The second-order valence-electron chi connectivity index (χ2n) is 5.50. The van der Waals surface area contributed by atoms with Crippen molar-refractivity contribution in [1.29, 1.82) is 0 Å². The van der Waals surface area contributed by atoms with E-state index in [1.165, 1.54) is 24.1 Å². The lowest BCUT2D eigenvalue weighted by Crippen LogP contribution is -2.21. The van der Waals surface area contributed by atoms with E-state index in [-0.39, 0.29) is 32.1 Å². The van der Waals surface area contributed by atoms with Gasteiger partial charge in [0.05, 0.1) is 33.2 Å². The molecule has 0 saturated carbocycles. The lowest BCUT2D eigenvalue weighted by molar-refractivity contribution is 0.0601. The highest BCUT2D eigenvalue weighted by Crippen LogP contribution is 2.35. The third kappa shape index (κ3) is 3.85. The third-order valence-electron chi connectivity index (χ3n) is 3.55. The summed E-state index contributed by atoms with van der Waals surface area (Å²) in [6.45, 7) is 1.62. The normalized spacial score (nSPS) is 10.4. The van der Waals surface area contributed by atoms with Crippen molar-refractivity contribution in [2.24, 2.45) is 0 Å². The number of benzene rings is 1. The summed E-state index contributed by atoms with van der Waals surface area (Å²) in [4.78, 5) is 38.8.